The van der Waals surface area contributed by atoms with Crippen LogP contribution < -0.4 is 5.32 Å². The van der Waals surface area contributed by atoms with E-state index in [1.54, 1.807) is 0 Å². The standard InChI is InChI=1S/C12H24N2O2/c1-5-11(12(15)16-4)13-8-9(2)14(3)10-6-7-10/h9-11,13H,5-8H2,1-4H3. The summed E-state index contributed by atoms with van der Waals surface area (Å²) >= 11 is 0. The predicted molar refractivity (Wildman–Crippen MR) is 64.3 cm³/mol. The van der Waals surface area contributed by atoms with Crippen molar-refractivity contribution in [2.45, 2.75) is 51.2 Å². The van der Waals surface area contributed by atoms with Gasteiger partial charge in [-0.2, -0.15) is 0 Å². The summed E-state index contributed by atoms with van der Waals surface area (Å²) in [7, 11) is 3.59. The molecule has 0 heterocycles. The molecule has 4 heteroatoms. The number of hydrogen-bond acceptors (Lipinski definition) is 4. The van der Waals surface area contributed by atoms with Crippen molar-refractivity contribution in [3.8, 4) is 0 Å². The zero-order valence-corrected chi connectivity index (χ0v) is 10.8. The molecule has 1 aliphatic carbocycles. The van der Waals surface area contributed by atoms with Crippen LogP contribution in [0.25, 0.3) is 0 Å². The van der Waals surface area contributed by atoms with Crippen LogP contribution in [0, 0.1) is 0 Å². The number of ether oxygens (including phenoxy) is 1. The van der Waals surface area contributed by atoms with Gasteiger partial charge in [0, 0.05) is 18.6 Å². The maximum absolute atomic E-state index is 11.4. The van der Waals surface area contributed by atoms with Crippen molar-refractivity contribution in [3.05, 3.63) is 0 Å². The molecule has 0 saturated heterocycles. The van der Waals surface area contributed by atoms with Crippen molar-refractivity contribution in [2.24, 2.45) is 0 Å². The number of rotatable bonds is 7. The molecule has 0 aromatic rings. The van der Waals surface area contributed by atoms with Crippen molar-refractivity contribution in [1.29, 1.82) is 0 Å². The molecular weight excluding hydrogens is 204 g/mol. The van der Waals surface area contributed by atoms with Crippen LogP contribution >= 0.6 is 0 Å². The highest BCUT2D eigenvalue weighted by Gasteiger charge is 2.29. The number of esters is 1. The minimum atomic E-state index is -0.167. The number of carbonyl (C=O) groups excluding carboxylic acids is 1. The normalized spacial score (nSPS) is 19.6. The lowest BCUT2D eigenvalue weighted by Gasteiger charge is -2.26. The van der Waals surface area contributed by atoms with Gasteiger partial charge in [-0.05, 0) is 33.2 Å². The lowest BCUT2D eigenvalue weighted by atomic mass is 10.2. The molecule has 0 aromatic carbocycles. The van der Waals surface area contributed by atoms with Gasteiger partial charge < -0.3 is 10.1 Å². The summed E-state index contributed by atoms with van der Waals surface area (Å²) in [6, 6.07) is 1.06. The van der Waals surface area contributed by atoms with Gasteiger partial charge in [0.2, 0.25) is 0 Å². The highest BCUT2D eigenvalue weighted by Crippen LogP contribution is 2.26. The molecule has 2 atom stereocenters. The first-order chi connectivity index (χ1) is 7.60. The monoisotopic (exact) mass is 228 g/mol. The Hall–Kier alpha value is -0.610. The quantitative estimate of drug-likeness (QED) is 0.660. The Morgan fingerprint density at radius 1 is 1.56 bits per heavy atom. The minimum Gasteiger partial charge on any atom is -0.468 e. The third-order valence-electron chi connectivity index (χ3n) is 3.37. The molecule has 0 amide bonds. The maximum Gasteiger partial charge on any atom is 0.322 e. The first kappa shape index (κ1) is 13.5. The van der Waals surface area contributed by atoms with Gasteiger partial charge in [-0.3, -0.25) is 9.69 Å². The first-order valence-corrected chi connectivity index (χ1v) is 6.13. The van der Waals surface area contributed by atoms with Crippen LogP contribution in [-0.4, -0.2) is 49.7 Å². The molecule has 16 heavy (non-hydrogen) atoms. The molecule has 1 fully saturated rings. The average molecular weight is 228 g/mol. The Morgan fingerprint density at radius 2 is 2.19 bits per heavy atom. The van der Waals surface area contributed by atoms with E-state index in [1.807, 2.05) is 6.92 Å². The molecule has 94 valence electrons. The van der Waals surface area contributed by atoms with Crippen molar-refractivity contribution in [2.75, 3.05) is 20.7 Å². The second-order valence-corrected chi connectivity index (χ2v) is 4.64. The topological polar surface area (TPSA) is 41.6 Å². The highest BCUT2D eigenvalue weighted by molar-refractivity contribution is 5.75. The molecule has 2 unspecified atom stereocenters. The molecule has 1 N–H and O–H groups in total. The molecule has 1 rings (SSSR count). The number of nitrogens with one attached hydrogen (secondary N) is 1. The van der Waals surface area contributed by atoms with Crippen LogP contribution in [-0.2, 0) is 9.53 Å². The van der Waals surface area contributed by atoms with Crippen molar-refractivity contribution < 1.29 is 9.53 Å². The number of nitrogens with zero attached hydrogens (tertiary/aromatic N) is 1. The van der Waals surface area contributed by atoms with Crippen LogP contribution in [0.5, 0.6) is 0 Å². The van der Waals surface area contributed by atoms with Crippen LogP contribution in [0.4, 0.5) is 0 Å². The Bertz CT molecular complexity index is 229. The van der Waals surface area contributed by atoms with Crippen LogP contribution in [0.1, 0.15) is 33.1 Å². The summed E-state index contributed by atoms with van der Waals surface area (Å²) in [6.07, 6.45) is 3.40. The Balaban J connectivity index is 2.27. The highest BCUT2D eigenvalue weighted by atomic mass is 16.5. The molecular formula is C12H24N2O2. The van der Waals surface area contributed by atoms with Gasteiger partial charge >= 0.3 is 5.97 Å². The van der Waals surface area contributed by atoms with E-state index in [4.69, 9.17) is 4.74 Å². The van der Waals surface area contributed by atoms with E-state index in [0.29, 0.717) is 6.04 Å². The van der Waals surface area contributed by atoms with Gasteiger partial charge in [0.05, 0.1) is 7.11 Å². The maximum atomic E-state index is 11.4. The van der Waals surface area contributed by atoms with Crippen molar-refractivity contribution in [3.63, 3.8) is 0 Å². The largest absolute Gasteiger partial charge is 0.468 e. The molecule has 1 aliphatic rings. The number of hydrogen-bond donors (Lipinski definition) is 1. The molecule has 4 nitrogen and oxygen atoms in total. The van der Waals surface area contributed by atoms with E-state index >= 15 is 0 Å². The Kier molecular flexibility index (Phi) is 5.22. The van der Waals surface area contributed by atoms with E-state index in [0.717, 1.165) is 19.0 Å². The second kappa shape index (κ2) is 6.21. The van der Waals surface area contributed by atoms with Gasteiger partial charge in [0.1, 0.15) is 6.04 Å². The Labute approximate surface area is 98.3 Å². The third-order valence-corrected chi connectivity index (χ3v) is 3.37. The van der Waals surface area contributed by atoms with Gasteiger partial charge in [-0.25, -0.2) is 0 Å². The molecule has 0 spiro atoms. The van der Waals surface area contributed by atoms with E-state index in [9.17, 15) is 4.79 Å². The number of likely N-dealkylation sites (N-methyl/N-ethyl adjacent to an activating group) is 1. The van der Waals surface area contributed by atoms with E-state index in [-0.39, 0.29) is 12.0 Å². The van der Waals surface area contributed by atoms with Crippen molar-refractivity contribution in [1.82, 2.24) is 10.2 Å². The SMILES string of the molecule is CCC(NCC(C)N(C)C1CC1)C(=O)OC. The van der Waals surface area contributed by atoms with Crippen LogP contribution in [0.3, 0.4) is 0 Å². The summed E-state index contributed by atoms with van der Waals surface area (Å²) in [5.41, 5.74) is 0. The van der Waals surface area contributed by atoms with Gasteiger partial charge in [0.25, 0.3) is 0 Å². The van der Waals surface area contributed by atoms with Crippen LogP contribution in [0.2, 0.25) is 0 Å². The van der Waals surface area contributed by atoms with Gasteiger partial charge in [0.15, 0.2) is 0 Å². The summed E-state index contributed by atoms with van der Waals surface area (Å²) < 4.78 is 4.74. The van der Waals surface area contributed by atoms with Gasteiger partial charge in [-0.1, -0.05) is 6.92 Å². The molecule has 0 aromatic heterocycles. The van der Waals surface area contributed by atoms with Crippen LogP contribution in [0.15, 0.2) is 0 Å². The van der Waals surface area contributed by atoms with Crippen molar-refractivity contribution >= 4 is 5.97 Å². The average Bonchev–Trinajstić information content (AvgIpc) is 3.11. The Morgan fingerprint density at radius 3 is 2.62 bits per heavy atom. The summed E-state index contributed by atoms with van der Waals surface area (Å²) in [5, 5.41) is 3.27. The molecule has 1 saturated carbocycles. The lowest BCUT2D eigenvalue weighted by molar-refractivity contribution is -0.143. The zero-order chi connectivity index (χ0) is 12.1. The molecule has 0 bridgehead atoms. The lowest BCUT2D eigenvalue weighted by Crippen LogP contribution is -2.45. The van der Waals surface area contributed by atoms with Gasteiger partial charge in [-0.15, -0.1) is 0 Å². The van der Waals surface area contributed by atoms with E-state index < -0.39 is 0 Å². The fourth-order valence-corrected chi connectivity index (χ4v) is 1.84. The summed E-state index contributed by atoms with van der Waals surface area (Å²) in [4.78, 5) is 13.8. The number of carbonyl (C=O) groups is 1. The number of methoxy groups -OCH3 is 1. The minimum absolute atomic E-state index is 0.163. The molecule has 0 radical (unpaired) electrons. The third kappa shape index (κ3) is 3.76. The fourth-order valence-electron chi connectivity index (χ4n) is 1.84. The first-order valence-electron chi connectivity index (χ1n) is 6.13. The zero-order valence-electron chi connectivity index (χ0n) is 10.8. The predicted octanol–water partition coefficient (Wildman–Crippen LogP) is 1.01. The summed E-state index contributed by atoms with van der Waals surface area (Å²) in [5.74, 6) is -0.163. The second-order valence-electron chi connectivity index (χ2n) is 4.64. The molecule has 0 aliphatic heterocycles. The van der Waals surface area contributed by atoms with E-state index in [2.05, 4.69) is 24.2 Å². The smallest absolute Gasteiger partial charge is 0.322 e. The van der Waals surface area contributed by atoms with E-state index in [1.165, 1.54) is 20.0 Å². The summed E-state index contributed by atoms with van der Waals surface area (Å²) in [6.45, 7) is 5.01. The fraction of sp³-hybridized carbons (Fsp3) is 0.917.